The van der Waals surface area contributed by atoms with Crippen LogP contribution >= 0.6 is 0 Å². The van der Waals surface area contributed by atoms with Crippen LogP contribution in [-0.2, 0) is 11.3 Å². The van der Waals surface area contributed by atoms with Crippen LogP contribution in [0, 0.1) is 11.8 Å². The molecule has 1 unspecified atom stereocenters. The third-order valence-corrected chi connectivity index (χ3v) is 7.10. The fraction of sp³-hybridized carbons (Fsp3) is 0.333. The molecule has 0 bridgehead atoms. The molecule has 0 saturated carbocycles. The summed E-state index contributed by atoms with van der Waals surface area (Å²) in [5, 5.41) is 10.1. The van der Waals surface area contributed by atoms with Crippen molar-refractivity contribution in [1.29, 1.82) is 0 Å². The number of aromatic hydroxyl groups is 1. The van der Waals surface area contributed by atoms with Crippen LogP contribution in [0.5, 0.6) is 5.75 Å². The molecule has 206 valence electrons. The molecule has 0 aliphatic carbocycles. The summed E-state index contributed by atoms with van der Waals surface area (Å²) in [6, 6.07) is 14.6. The third kappa shape index (κ3) is 5.70. The number of aromatic amines is 1. The number of nitrogens with zero attached hydrogens (tertiary/aromatic N) is 4. The lowest BCUT2D eigenvalue weighted by atomic mass is 10.0. The molecule has 40 heavy (non-hydrogen) atoms. The van der Waals surface area contributed by atoms with Gasteiger partial charge in [0.15, 0.2) is 0 Å². The number of urea groups is 1. The van der Waals surface area contributed by atoms with Crippen molar-refractivity contribution in [3.8, 4) is 17.6 Å². The van der Waals surface area contributed by atoms with E-state index in [2.05, 4.69) is 21.8 Å². The summed E-state index contributed by atoms with van der Waals surface area (Å²) < 4.78 is 5.32. The normalized spacial score (nSPS) is 17.2. The Balaban J connectivity index is 1.27. The van der Waals surface area contributed by atoms with Gasteiger partial charge in [-0.15, -0.1) is 0 Å². The highest BCUT2D eigenvalue weighted by atomic mass is 16.5. The first-order chi connectivity index (χ1) is 19.3. The van der Waals surface area contributed by atoms with Crippen molar-refractivity contribution >= 4 is 11.9 Å². The number of carbonyl (C=O) groups excluding carboxylic acids is 2. The number of ether oxygens (including phenoxy) is 1. The molecule has 5 rings (SSSR count). The van der Waals surface area contributed by atoms with Gasteiger partial charge in [-0.25, -0.2) is 9.78 Å². The van der Waals surface area contributed by atoms with E-state index in [1.54, 1.807) is 26.8 Å². The van der Waals surface area contributed by atoms with Crippen LogP contribution in [0.4, 0.5) is 4.79 Å². The summed E-state index contributed by atoms with van der Waals surface area (Å²) in [6.07, 6.45) is 1.22. The number of rotatable bonds is 5. The Morgan fingerprint density at radius 1 is 1.05 bits per heavy atom. The smallest absolute Gasteiger partial charge is 0.321 e. The van der Waals surface area contributed by atoms with Gasteiger partial charge in [0.25, 0.3) is 11.5 Å². The minimum absolute atomic E-state index is 0.00305. The van der Waals surface area contributed by atoms with Crippen molar-refractivity contribution in [1.82, 2.24) is 24.7 Å². The van der Waals surface area contributed by atoms with E-state index in [1.165, 1.54) is 6.33 Å². The molecule has 2 N–H and O–H groups in total. The molecular weight excluding hydrogens is 510 g/mol. The van der Waals surface area contributed by atoms with Crippen molar-refractivity contribution < 1.29 is 19.4 Å². The number of morpholine rings is 1. The maximum atomic E-state index is 13.2. The van der Waals surface area contributed by atoms with Gasteiger partial charge in [0.1, 0.15) is 5.69 Å². The standard InChI is InChI=1S/C30H31N5O5/c1-20(2)35-26(18-34(30(35)39)17-25-27(36)28(37)32-19-31-25)23-9-5-21(6-10-23)3-4-22-7-11-24(12-8-22)29(38)33-13-15-40-16-14-33/h5-12,19-20,26,36H,13-18H2,1-2H3,(H,31,32,37). The Hall–Kier alpha value is -4.62. The summed E-state index contributed by atoms with van der Waals surface area (Å²) in [7, 11) is 0. The van der Waals surface area contributed by atoms with Crippen LogP contribution in [0.25, 0.3) is 0 Å². The Labute approximate surface area is 232 Å². The Morgan fingerprint density at radius 2 is 1.68 bits per heavy atom. The molecule has 1 aromatic heterocycles. The third-order valence-electron chi connectivity index (χ3n) is 7.10. The average Bonchev–Trinajstić information content (AvgIpc) is 3.30. The molecule has 2 aliphatic heterocycles. The van der Waals surface area contributed by atoms with Gasteiger partial charge in [0.2, 0.25) is 5.75 Å². The highest BCUT2D eigenvalue weighted by Crippen LogP contribution is 2.33. The van der Waals surface area contributed by atoms with Crippen LogP contribution in [0.15, 0.2) is 59.7 Å². The molecule has 3 heterocycles. The van der Waals surface area contributed by atoms with E-state index < -0.39 is 11.3 Å². The summed E-state index contributed by atoms with van der Waals surface area (Å²) >= 11 is 0. The fourth-order valence-electron chi connectivity index (χ4n) is 4.95. The minimum atomic E-state index is -0.636. The number of amides is 3. The van der Waals surface area contributed by atoms with Gasteiger partial charge in [-0.1, -0.05) is 24.0 Å². The van der Waals surface area contributed by atoms with Crippen molar-refractivity contribution in [2.45, 2.75) is 32.5 Å². The molecule has 0 radical (unpaired) electrons. The predicted octanol–water partition coefficient (Wildman–Crippen LogP) is 2.74. The number of carbonyl (C=O) groups is 2. The lowest BCUT2D eigenvalue weighted by molar-refractivity contribution is 0.0303. The fourth-order valence-corrected chi connectivity index (χ4v) is 4.95. The second-order valence-electron chi connectivity index (χ2n) is 10.1. The Morgan fingerprint density at radius 3 is 2.30 bits per heavy atom. The van der Waals surface area contributed by atoms with Gasteiger partial charge in [0, 0.05) is 42.4 Å². The van der Waals surface area contributed by atoms with Crippen molar-refractivity contribution in [2.75, 3.05) is 32.8 Å². The quantitative estimate of drug-likeness (QED) is 0.480. The zero-order valence-corrected chi connectivity index (χ0v) is 22.5. The van der Waals surface area contributed by atoms with Crippen LogP contribution in [-0.4, -0.2) is 80.6 Å². The van der Waals surface area contributed by atoms with Crippen LogP contribution < -0.4 is 5.56 Å². The number of hydrogen-bond acceptors (Lipinski definition) is 6. The lowest BCUT2D eigenvalue weighted by Crippen LogP contribution is -2.40. The lowest BCUT2D eigenvalue weighted by Gasteiger charge is -2.27. The van der Waals surface area contributed by atoms with Crippen molar-refractivity contribution in [3.05, 3.63) is 93.2 Å². The Kier molecular flexibility index (Phi) is 7.84. The van der Waals surface area contributed by atoms with Gasteiger partial charge >= 0.3 is 6.03 Å². The van der Waals surface area contributed by atoms with E-state index in [0.29, 0.717) is 38.4 Å². The maximum absolute atomic E-state index is 13.2. The predicted molar refractivity (Wildman–Crippen MR) is 148 cm³/mol. The molecule has 2 saturated heterocycles. The van der Waals surface area contributed by atoms with Crippen molar-refractivity contribution in [3.63, 3.8) is 0 Å². The molecule has 2 fully saturated rings. The second kappa shape index (κ2) is 11.6. The largest absolute Gasteiger partial charge is 0.502 e. The van der Waals surface area contributed by atoms with Gasteiger partial charge in [-0.2, -0.15) is 0 Å². The molecule has 0 spiro atoms. The summed E-state index contributed by atoms with van der Waals surface area (Å²) in [6.45, 7) is 6.68. The number of benzene rings is 2. The van der Waals surface area contributed by atoms with Crippen molar-refractivity contribution in [2.24, 2.45) is 0 Å². The molecule has 10 heteroatoms. The summed E-state index contributed by atoms with van der Waals surface area (Å²) in [4.78, 5) is 49.1. The van der Waals surface area contributed by atoms with E-state index >= 15 is 0 Å². The molecule has 2 aromatic carbocycles. The summed E-state index contributed by atoms with van der Waals surface area (Å²) in [5.74, 6) is 5.84. The number of H-pyrrole nitrogens is 1. The monoisotopic (exact) mass is 541 g/mol. The number of hydrogen-bond donors (Lipinski definition) is 2. The first-order valence-corrected chi connectivity index (χ1v) is 13.2. The zero-order chi connectivity index (χ0) is 28.2. The van der Waals surface area contributed by atoms with Gasteiger partial charge in [0.05, 0.1) is 32.1 Å². The van der Waals surface area contributed by atoms with Gasteiger partial charge in [-0.3, -0.25) is 9.59 Å². The summed E-state index contributed by atoms with van der Waals surface area (Å²) in [5.41, 5.74) is 2.75. The first-order valence-electron chi connectivity index (χ1n) is 13.2. The number of aromatic nitrogens is 2. The highest BCUT2D eigenvalue weighted by molar-refractivity contribution is 5.94. The zero-order valence-electron chi connectivity index (χ0n) is 22.5. The molecule has 2 aliphatic rings. The Bertz CT molecular complexity index is 1500. The molecule has 10 nitrogen and oxygen atoms in total. The van der Waals surface area contributed by atoms with E-state index in [9.17, 15) is 19.5 Å². The van der Waals surface area contributed by atoms with Crippen LogP contribution in [0.2, 0.25) is 0 Å². The molecule has 1 atom stereocenters. The van der Waals surface area contributed by atoms with Crippen LogP contribution in [0.3, 0.4) is 0 Å². The average molecular weight is 542 g/mol. The molecule has 3 aromatic rings. The first kappa shape index (κ1) is 27.0. The minimum Gasteiger partial charge on any atom is -0.502 e. The number of nitrogens with one attached hydrogen (secondary N) is 1. The van der Waals surface area contributed by atoms with E-state index in [-0.39, 0.29) is 36.3 Å². The van der Waals surface area contributed by atoms with E-state index in [4.69, 9.17) is 4.74 Å². The molecular formula is C30H31N5O5. The van der Waals surface area contributed by atoms with E-state index in [0.717, 1.165) is 16.7 Å². The highest BCUT2D eigenvalue weighted by Gasteiger charge is 2.40. The second-order valence-corrected chi connectivity index (χ2v) is 10.1. The van der Waals surface area contributed by atoms with Crippen LogP contribution in [0.1, 0.15) is 52.6 Å². The molecule has 3 amide bonds. The van der Waals surface area contributed by atoms with Gasteiger partial charge in [-0.05, 0) is 55.8 Å². The topological polar surface area (TPSA) is 119 Å². The van der Waals surface area contributed by atoms with Gasteiger partial charge < -0.3 is 29.5 Å². The van der Waals surface area contributed by atoms with E-state index in [1.807, 2.05) is 50.2 Å². The maximum Gasteiger partial charge on any atom is 0.321 e. The SMILES string of the molecule is CC(C)N1C(=O)N(Cc2nc[nH]c(=O)c2O)CC1c1ccc(C#Cc2ccc(C(=O)N3CCOCC3)cc2)cc1.